The Balaban J connectivity index is 0.00000196. The van der Waals surface area contributed by atoms with Gasteiger partial charge in [0.15, 0.2) is 0 Å². The molecule has 1 aromatic carbocycles. The summed E-state index contributed by atoms with van der Waals surface area (Å²) in [4.78, 5) is 18.9. The summed E-state index contributed by atoms with van der Waals surface area (Å²) in [6.07, 6.45) is 5.75. The van der Waals surface area contributed by atoms with Gasteiger partial charge < -0.3 is 15.4 Å². The lowest BCUT2D eigenvalue weighted by Crippen LogP contribution is -2.33. The van der Waals surface area contributed by atoms with Gasteiger partial charge in [-0.05, 0) is 48.9 Å². The zero-order valence-electron chi connectivity index (χ0n) is 14.6. The first-order valence-electron chi connectivity index (χ1n) is 8.87. The number of carbonyl (C=O) groups is 1. The van der Waals surface area contributed by atoms with E-state index in [1.807, 2.05) is 41.3 Å². The van der Waals surface area contributed by atoms with Gasteiger partial charge >= 0.3 is 0 Å². The molecule has 2 aliphatic rings. The van der Waals surface area contributed by atoms with Crippen LogP contribution in [0.2, 0.25) is 0 Å². The Hall–Kier alpha value is -2.11. The van der Waals surface area contributed by atoms with Crippen LogP contribution in [0, 0.1) is 11.8 Å². The highest BCUT2D eigenvalue weighted by molar-refractivity contribution is 5.94. The SMILES string of the molecule is Cl.NC1CCC2CN(C(=O)c3cccc(OCc4cccnc4)c3)CC12. The average molecular weight is 374 g/mol. The smallest absolute Gasteiger partial charge is 0.254 e. The molecule has 2 N–H and O–H groups in total. The van der Waals surface area contributed by atoms with Crippen LogP contribution < -0.4 is 10.5 Å². The summed E-state index contributed by atoms with van der Waals surface area (Å²) in [5.74, 6) is 1.82. The highest BCUT2D eigenvalue weighted by Gasteiger charge is 2.42. The van der Waals surface area contributed by atoms with Crippen LogP contribution in [0.25, 0.3) is 0 Å². The van der Waals surface area contributed by atoms with E-state index >= 15 is 0 Å². The van der Waals surface area contributed by atoms with Crippen molar-refractivity contribution in [1.82, 2.24) is 9.88 Å². The minimum Gasteiger partial charge on any atom is -0.489 e. The van der Waals surface area contributed by atoms with Gasteiger partial charge in [0, 0.05) is 42.7 Å². The summed E-state index contributed by atoms with van der Waals surface area (Å²) < 4.78 is 5.81. The quantitative estimate of drug-likeness (QED) is 0.894. The van der Waals surface area contributed by atoms with Gasteiger partial charge in [-0.1, -0.05) is 12.1 Å². The Morgan fingerprint density at radius 1 is 1.23 bits per heavy atom. The van der Waals surface area contributed by atoms with E-state index < -0.39 is 0 Å². The second-order valence-corrected chi connectivity index (χ2v) is 7.05. The largest absolute Gasteiger partial charge is 0.489 e. The molecule has 2 heterocycles. The van der Waals surface area contributed by atoms with Gasteiger partial charge in [0.2, 0.25) is 0 Å². The maximum Gasteiger partial charge on any atom is 0.254 e. The molecule has 4 rings (SSSR count). The van der Waals surface area contributed by atoms with E-state index in [2.05, 4.69) is 4.98 Å². The maximum absolute atomic E-state index is 12.8. The minimum absolute atomic E-state index is 0. The van der Waals surface area contributed by atoms with Crippen molar-refractivity contribution in [2.75, 3.05) is 13.1 Å². The summed E-state index contributed by atoms with van der Waals surface area (Å²) >= 11 is 0. The van der Waals surface area contributed by atoms with Crippen molar-refractivity contribution in [3.8, 4) is 5.75 Å². The van der Waals surface area contributed by atoms with Crippen LogP contribution in [0.1, 0.15) is 28.8 Å². The molecule has 26 heavy (non-hydrogen) atoms. The molecule has 1 aliphatic carbocycles. The Kier molecular flexibility index (Phi) is 5.79. The number of carbonyl (C=O) groups excluding carboxylic acids is 1. The minimum atomic E-state index is 0. The summed E-state index contributed by atoms with van der Waals surface area (Å²) in [6.45, 7) is 2.05. The van der Waals surface area contributed by atoms with E-state index in [9.17, 15) is 4.79 Å². The molecule has 2 fully saturated rings. The van der Waals surface area contributed by atoms with E-state index in [1.54, 1.807) is 12.4 Å². The highest BCUT2D eigenvalue weighted by atomic mass is 35.5. The zero-order chi connectivity index (χ0) is 17.2. The zero-order valence-corrected chi connectivity index (χ0v) is 15.4. The standard InChI is InChI=1S/C20H23N3O2.ClH/c21-19-7-6-16-11-23(12-18(16)19)20(24)15-4-1-5-17(9-15)25-13-14-3-2-8-22-10-14;/h1-5,8-10,16,18-19H,6-7,11-13,21H2;1H. The lowest BCUT2D eigenvalue weighted by atomic mass is 9.98. The topological polar surface area (TPSA) is 68.5 Å². The fourth-order valence-corrected chi connectivity index (χ4v) is 4.02. The van der Waals surface area contributed by atoms with Crippen molar-refractivity contribution in [2.45, 2.75) is 25.5 Å². The molecule has 138 valence electrons. The Morgan fingerprint density at radius 3 is 2.88 bits per heavy atom. The van der Waals surface area contributed by atoms with E-state index in [4.69, 9.17) is 10.5 Å². The number of fused-ring (bicyclic) bond motifs is 1. The third kappa shape index (κ3) is 3.84. The molecule has 1 aromatic heterocycles. The number of rotatable bonds is 4. The fourth-order valence-electron chi connectivity index (χ4n) is 4.02. The van der Waals surface area contributed by atoms with Gasteiger partial charge in [0.1, 0.15) is 12.4 Å². The van der Waals surface area contributed by atoms with Crippen molar-refractivity contribution >= 4 is 18.3 Å². The molecule has 0 radical (unpaired) electrons. The number of benzene rings is 1. The Morgan fingerprint density at radius 2 is 2.12 bits per heavy atom. The van der Waals surface area contributed by atoms with Crippen molar-refractivity contribution < 1.29 is 9.53 Å². The summed E-state index contributed by atoms with van der Waals surface area (Å²) in [5, 5.41) is 0. The van der Waals surface area contributed by atoms with Crippen LogP contribution in [-0.4, -0.2) is 34.9 Å². The average Bonchev–Trinajstić information content (AvgIpc) is 3.23. The van der Waals surface area contributed by atoms with E-state index in [1.165, 1.54) is 0 Å². The van der Waals surface area contributed by atoms with E-state index in [-0.39, 0.29) is 24.4 Å². The van der Waals surface area contributed by atoms with Gasteiger partial charge in [0.05, 0.1) is 0 Å². The summed E-state index contributed by atoms with van der Waals surface area (Å²) in [7, 11) is 0. The maximum atomic E-state index is 12.8. The van der Waals surface area contributed by atoms with Crippen LogP contribution >= 0.6 is 12.4 Å². The monoisotopic (exact) mass is 373 g/mol. The molecular formula is C20H24ClN3O2. The van der Waals surface area contributed by atoms with Gasteiger partial charge in [-0.2, -0.15) is 0 Å². The number of aromatic nitrogens is 1. The van der Waals surface area contributed by atoms with Gasteiger partial charge in [-0.3, -0.25) is 9.78 Å². The normalized spacial score (nSPS) is 24.0. The molecule has 1 aliphatic heterocycles. The molecule has 1 saturated carbocycles. The molecule has 2 aromatic rings. The van der Waals surface area contributed by atoms with Crippen LogP contribution in [0.5, 0.6) is 5.75 Å². The lowest BCUT2D eigenvalue weighted by molar-refractivity contribution is 0.0779. The predicted molar refractivity (Wildman–Crippen MR) is 102 cm³/mol. The van der Waals surface area contributed by atoms with Crippen LogP contribution in [0.4, 0.5) is 0 Å². The molecule has 3 unspecified atom stereocenters. The molecule has 6 heteroatoms. The highest BCUT2D eigenvalue weighted by Crippen LogP contribution is 2.37. The van der Waals surface area contributed by atoms with Crippen molar-refractivity contribution in [1.29, 1.82) is 0 Å². The number of nitrogens with zero attached hydrogens (tertiary/aromatic N) is 2. The molecule has 1 saturated heterocycles. The molecule has 5 nitrogen and oxygen atoms in total. The summed E-state index contributed by atoms with van der Waals surface area (Å²) in [5.41, 5.74) is 7.86. The first-order valence-corrected chi connectivity index (χ1v) is 8.87. The fraction of sp³-hybridized carbons (Fsp3) is 0.400. The second kappa shape index (κ2) is 8.06. The number of ether oxygens (including phenoxy) is 1. The molecule has 0 spiro atoms. The Bertz CT molecular complexity index is 756. The van der Waals surface area contributed by atoms with Crippen LogP contribution in [0.15, 0.2) is 48.8 Å². The van der Waals surface area contributed by atoms with Gasteiger partial charge in [-0.15, -0.1) is 12.4 Å². The van der Waals surface area contributed by atoms with Gasteiger partial charge in [-0.25, -0.2) is 0 Å². The number of amides is 1. The molecule has 3 atom stereocenters. The van der Waals surface area contributed by atoms with E-state index in [0.29, 0.717) is 29.8 Å². The number of nitrogens with two attached hydrogens (primary N) is 1. The third-order valence-corrected chi connectivity index (χ3v) is 5.41. The second-order valence-electron chi connectivity index (χ2n) is 7.05. The van der Waals surface area contributed by atoms with Crippen molar-refractivity contribution in [3.63, 3.8) is 0 Å². The molecular weight excluding hydrogens is 350 g/mol. The van der Waals surface area contributed by atoms with Crippen LogP contribution in [0.3, 0.4) is 0 Å². The first kappa shape index (κ1) is 18.7. The number of likely N-dealkylation sites (tertiary alicyclic amines) is 1. The lowest BCUT2D eigenvalue weighted by Gasteiger charge is -2.19. The molecule has 0 bridgehead atoms. The predicted octanol–water partition coefficient (Wildman–Crippen LogP) is 2.89. The van der Waals surface area contributed by atoms with Crippen LogP contribution in [-0.2, 0) is 6.61 Å². The number of hydrogen-bond donors (Lipinski definition) is 1. The number of hydrogen-bond acceptors (Lipinski definition) is 4. The first-order chi connectivity index (χ1) is 12.2. The summed E-state index contributed by atoms with van der Waals surface area (Å²) in [6, 6.07) is 11.5. The van der Waals surface area contributed by atoms with Gasteiger partial charge in [0.25, 0.3) is 5.91 Å². The Labute approximate surface area is 160 Å². The third-order valence-electron chi connectivity index (χ3n) is 5.41. The number of halogens is 1. The van der Waals surface area contributed by atoms with Crippen molar-refractivity contribution in [3.05, 3.63) is 59.9 Å². The van der Waals surface area contributed by atoms with E-state index in [0.717, 1.165) is 31.5 Å². The number of pyridine rings is 1. The molecule has 1 amide bonds. The van der Waals surface area contributed by atoms with Crippen molar-refractivity contribution in [2.24, 2.45) is 17.6 Å².